The van der Waals surface area contributed by atoms with Crippen LogP contribution < -0.4 is 0 Å². The molecule has 0 fully saturated rings. The second kappa shape index (κ2) is 21.6. The molecule has 0 aliphatic rings. The molecule has 0 saturated carbocycles. The highest BCUT2D eigenvalue weighted by Gasteiger charge is 2.21. The summed E-state index contributed by atoms with van der Waals surface area (Å²) in [5, 5.41) is 9.74. The minimum Gasteiger partial charge on any atom is -0.309 e. The molecule has 15 aromatic carbocycles. The number of hydrogen-bond acceptors (Lipinski definition) is 0. The van der Waals surface area contributed by atoms with E-state index in [4.69, 9.17) is 0 Å². The van der Waals surface area contributed by atoms with Gasteiger partial charge in [-0.3, -0.25) is 0 Å². The summed E-state index contributed by atoms with van der Waals surface area (Å²) in [5.74, 6) is 0. The van der Waals surface area contributed by atoms with E-state index in [0.29, 0.717) is 0 Å². The molecular weight excluding hydrogens is 1140 g/mol. The van der Waals surface area contributed by atoms with Crippen molar-refractivity contribution in [2.24, 2.45) is 0 Å². The molecule has 0 N–H and O–H groups in total. The van der Waals surface area contributed by atoms with Crippen LogP contribution in [0.25, 0.3) is 177 Å². The van der Waals surface area contributed by atoms with Gasteiger partial charge in [0.1, 0.15) is 0 Å². The van der Waals surface area contributed by atoms with Crippen LogP contribution in [-0.4, -0.2) is 18.3 Å². The zero-order valence-corrected chi connectivity index (χ0v) is 51.3. The predicted octanol–water partition coefficient (Wildman–Crippen LogP) is 24.1. The summed E-state index contributed by atoms with van der Waals surface area (Å²) in [4.78, 5) is 0. The third-order valence-corrected chi connectivity index (χ3v) is 19.6. The van der Waals surface area contributed by atoms with Crippen LogP contribution in [-0.2, 0) is 0 Å². The number of rotatable bonds is 10. The molecule has 4 heteroatoms. The summed E-state index contributed by atoms with van der Waals surface area (Å²) < 4.78 is 9.70. The normalized spacial score (nSPS) is 11.8. The maximum atomic E-state index is 2.45. The van der Waals surface area contributed by atoms with Gasteiger partial charge >= 0.3 is 0 Å². The summed E-state index contributed by atoms with van der Waals surface area (Å²) in [6.07, 6.45) is 0. The number of nitrogens with zero attached hydrogens (tertiary/aromatic N) is 4. The smallest absolute Gasteiger partial charge is 0.0541 e. The van der Waals surface area contributed by atoms with Gasteiger partial charge in [0.05, 0.1) is 44.1 Å². The molecule has 0 saturated heterocycles. The lowest BCUT2D eigenvalue weighted by Gasteiger charge is -2.11. The fraction of sp³-hybridized carbons (Fsp3) is 0. The van der Waals surface area contributed by atoms with E-state index in [1.165, 1.54) is 121 Å². The Morgan fingerprint density at radius 3 is 0.564 bits per heavy atom. The monoisotopic (exact) mass is 1190 g/mol. The topological polar surface area (TPSA) is 19.7 Å². The number of para-hydroxylation sites is 3. The van der Waals surface area contributed by atoms with Crippen molar-refractivity contribution in [2.45, 2.75) is 0 Å². The van der Waals surface area contributed by atoms with Gasteiger partial charge in [-0.2, -0.15) is 0 Å². The number of hydrogen-bond donors (Lipinski definition) is 0. The van der Waals surface area contributed by atoms with Gasteiger partial charge in [-0.25, -0.2) is 0 Å². The summed E-state index contributed by atoms with van der Waals surface area (Å²) in [7, 11) is 0. The molecule has 0 spiro atoms. The molecule has 0 radical (unpaired) electrons. The van der Waals surface area contributed by atoms with Crippen molar-refractivity contribution in [3.05, 3.63) is 352 Å². The molecular formula is C90H58N4. The van der Waals surface area contributed by atoms with Crippen molar-refractivity contribution in [2.75, 3.05) is 0 Å². The van der Waals surface area contributed by atoms with E-state index in [9.17, 15) is 0 Å². The Bertz CT molecular complexity index is 6150. The van der Waals surface area contributed by atoms with E-state index in [1.807, 2.05) is 0 Å². The SMILES string of the molecule is c1ccc(-c2ccc(-n3c4ccccc4c4cc(-c5ccc6c(c5)c5cc(-c7ccc8c(c7)c7cc(-c9ccc%10c(c9)c9ccccc9n%10-c9ccccc9)ccc7n8-c7ccc(-c8ccccc8)cc7)ccc5n6-c5ccc(-c6ccccc6)cc5)ccc43)cc2)cc1. The largest absolute Gasteiger partial charge is 0.309 e. The van der Waals surface area contributed by atoms with Crippen LogP contribution in [0.3, 0.4) is 0 Å². The van der Waals surface area contributed by atoms with Crippen molar-refractivity contribution in [3.8, 4) is 89.5 Å². The van der Waals surface area contributed by atoms with Crippen molar-refractivity contribution in [1.29, 1.82) is 0 Å². The van der Waals surface area contributed by atoms with E-state index in [1.54, 1.807) is 0 Å². The molecule has 0 unspecified atom stereocenters. The zero-order chi connectivity index (χ0) is 61.8. The molecule has 19 aromatic rings. The van der Waals surface area contributed by atoms with Crippen molar-refractivity contribution in [1.82, 2.24) is 18.3 Å². The lowest BCUT2D eigenvalue weighted by molar-refractivity contribution is 1.18. The first kappa shape index (κ1) is 53.3. The molecule has 4 nitrogen and oxygen atoms in total. The predicted molar refractivity (Wildman–Crippen MR) is 396 cm³/mol. The average molecular weight is 1200 g/mol. The van der Waals surface area contributed by atoms with E-state index in [0.717, 1.165) is 55.9 Å². The first-order valence-corrected chi connectivity index (χ1v) is 32.4. The summed E-state index contributed by atoms with van der Waals surface area (Å²) in [6.45, 7) is 0. The van der Waals surface area contributed by atoms with Gasteiger partial charge in [-0.1, -0.05) is 218 Å². The Kier molecular flexibility index (Phi) is 12.3. The fourth-order valence-electron chi connectivity index (χ4n) is 15.1. The molecule has 19 rings (SSSR count). The quantitative estimate of drug-likeness (QED) is 0.130. The van der Waals surface area contributed by atoms with E-state index >= 15 is 0 Å². The zero-order valence-electron chi connectivity index (χ0n) is 51.3. The molecule has 94 heavy (non-hydrogen) atoms. The first-order chi connectivity index (χ1) is 46.6. The summed E-state index contributed by atoms with van der Waals surface area (Å²) in [6, 6.07) is 130. The van der Waals surface area contributed by atoms with E-state index in [2.05, 4.69) is 370 Å². The van der Waals surface area contributed by atoms with Crippen LogP contribution in [0.5, 0.6) is 0 Å². The highest BCUT2D eigenvalue weighted by atomic mass is 15.0. The molecule has 0 atom stereocenters. The first-order valence-electron chi connectivity index (χ1n) is 32.4. The maximum Gasteiger partial charge on any atom is 0.0541 e. The Morgan fingerprint density at radius 1 is 0.117 bits per heavy atom. The van der Waals surface area contributed by atoms with Crippen LogP contribution in [0.4, 0.5) is 0 Å². The van der Waals surface area contributed by atoms with Crippen molar-refractivity contribution >= 4 is 87.2 Å². The minimum atomic E-state index is 1.12. The van der Waals surface area contributed by atoms with Gasteiger partial charge in [0.2, 0.25) is 0 Å². The Labute approximate surface area is 543 Å². The lowest BCUT2D eigenvalue weighted by atomic mass is 9.98. The highest BCUT2D eigenvalue weighted by molar-refractivity contribution is 6.16. The van der Waals surface area contributed by atoms with Gasteiger partial charge in [0, 0.05) is 65.8 Å². The van der Waals surface area contributed by atoms with Crippen LogP contribution >= 0.6 is 0 Å². The lowest BCUT2D eigenvalue weighted by Crippen LogP contribution is -1.94. The van der Waals surface area contributed by atoms with Crippen LogP contribution in [0.2, 0.25) is 0 Å². The molecule has 0 amide bonds. The summed E-state index contributed by atoms with van der Waals surface area (Å²) >= 11 is 0. The Hall–Kier alpha value is -12.5. The van der Waals surface area contributed by atoms with Crippen molar-refractivity contribution < 1.29 is 0 Å². The molecule has 0 aliphatic carbocycles. The third kappa shape index (κ3) is 8.69. The van der Waals surface area contributed by atoms with E-state index < -0.39 is 0 Å². The average Bonchev–Trinajstić information content (AvgIpc) is 1.60. The number of aromatic nitrogens is 4. The van der Waals surface area contributed by atoms with Gasteiger partial charge in [-0.05, 0) is 200 Å². The molecule has 4 heterocycles. The molecule has 4 aromatic heterocycles. The van der Waals surface area contributed by atoms with Crippen molar-refractivity contribution in [3.63, 3.8) is 0 Å². The van der Waals surface area contributed by atoms with Gasteiger partial charge in [0.25, 0.3) is 0 Å². The third-order valence-electron chi connectivity index (χ3n) is 19.6. The second-order valence-corrected chi connectivity index (χ2v) is 24.8. The van der Waals surface area contributed by atoms with Gasteiger partial charge in [0.15, 0.2) is 0 Å². The standard InChI is InChI=1S/C90H58N4/c1-5-17-59(18-6-1)62-29-41-72(42-30-62)92-84-28-16-14-26-76(84)78-54-66(36-48-86(78)92)68-38-50-88-80(56-68)82-58-70(40-52-90(82)94(88)74-45-33-64(34-46-74)61-21-9-3-10-22-61)69-39-51-89-81(57-69)79-55-67(37-49-87(79)93(89)73-43-31-63(32-44-73)60-19-7-2-8-20-60)65-35-47-85-77(53-65)75-25-13-15-27-83(75)91(85)71-23-11-4-12-24-71/h1-58H. The second-order valence-electron chi connectivity index (χ2n) is 24.8. The highest BCUT2D eigenvalue weighted by Crippen LogP contribution is 2.44. The fourth-order valence-corrected chi connectivity index (χ4v) is 15.1. The Morgan fingerprint density at radius 2 is 0.298 bits per heavy atom. The van der Waals surface area contributed by atoms with Crippen LogP contribution in [0.1, 0.15) is 0 Å². The molecule has 0 aliphatic heterocycles. The van der Waals surface area contributed by atoms with Gasteiger partial charge < -0.3 is 18.3 Å². The molecule has 0 bridgehead atoms. The van der Waals surface area contributed by atoms with E-state index in [-0.39, 0.29) is 0 Å². The Balaban J connectivity index is 0.769. The summed E-state index contributed by atoms with van der Waals surface area (Å²) in [5.41, 5.74) is 28.2. The maximum absolute atomic E-state index is 2.45. The number of fused-ring (bicyclic) bond motifs is 12. The van der Waals surface area contributed by atoms with Gasteiger partial charge in [-0.15, -0.1) is 0 Å². The van der Waals surface area contributed by atoms with Crippen LogP contribution in [0, 0.1) is 0 Å². The molecule has 438 valence electrons. The minimum absolute atomic E-state index is 1.12. The van der Waals surface area contributed by atoms with Crippen LogP contribution in [0.15, 0.2) is 352 Å². The number of benzene rings is 15.